The Labute approximate surface area is 203 Å². The van der Waals surface area contributed by atoms with Gasteiger partial charge in [0.25, 0.3) is 5.91 Å². The van der Waals surface area contributed by atoms with Crippen LogP contribution in [0, 0.1) is 29.3 Å². The quantitative estimate of drug-likeness (QED) is 0.571. The fourth-order valence-electron chi connectivity index (χ4n) is 5.63. The van der Waals surface area contributed by atoms with E-state index in [4.69, 9.17) is 16.3 Å². The van der Waals surface area contributed by atoms with Gasteiger partial charge in [0.05, 0.1) is 21.7 Å². The first kappa shape index (κ1) is 23.9. The summed E-state index contributed by atoms with van der Waals surface area (Å²) in [6.45, 7) is 0.356. The Balaban J connectivity index is 1.40. The average Bonchev–Trinajstić information content (AvgIpc) is 3.23. The third kappa shape index (κ3) is 3.94. The van der Waals surface area contributed by atoms with Gasteiger partial charge in [-0.05, 0) is 43.9 Å². The van der Waals surface area contributed by atoms with Gasteiger partial charge in [-0.2, -0.15) is 0 Å². The smallest absolute Gasteiger partial charge is 0.407 e. The molecule has 2 aromatic rings. The lowest BCUT2D eigenvalue weighted by Crippen LogP contribution is -2.50. The van der Waals surface area contributed by atoms with Gasteiger partial charge >= 0.3 is 6.09 Å². The summed E-state index contributed by atoms with van der Waals surface area (Å²) in [7, 11) is -3.97. The van der Waals surface area contributed by atoms with E-state index in [9.17, 15) is 31.2 Å². The van der Waals surface area contributed by atoms with Crippen LogP contribution in [0.25, 0.3) is 0 Å². The van der Waals surface area contributed by atoms with Crippen LogP contribution in [0.5, 0.6) is 0 Å². The van der Waals surface area contributed by atoms with Crippen LogP contribution < -0.4 is 10.6 Å². The Morgan fingerprint density at radius 2 is 1.71 bits per heavy atom. The van der Waals surface area contributed by atoms with Crippen LogP contribution in [0.15, 0.2) is 35.2 Å². The highest BCUT2D eigenvalue weighted by Crippen LogP contribution is 2.54. The van der Waals surface area contributed by atoms with Gasteiger partial charge in [-0.3, -0.25) is 4.79 Å². The fraction of sp³-hybridized carbons (Fsp3) is 0.391. The topological polar surface area (TPSA) is 102 Å². The molecule has 2 bridgehead atoms. The molecule has 2 saturated carbocycles. The highest BCUT2D eigenvalue weighted by molar-refractivity contribution is 7.92. The molecule has 2 amide bonds. The minimum absolute atomic E-state index is 0.0676. The van der Waals surface area contributed by atoms with Gasteiger partial charge in [-0.25, -0.2) is 26.4 Å². The predicted molar refractivity (Wildman–Crippen MR) is 119 cm³/mol. The zero-order valence-electron chi connectivity index (χ0n) is 18.1. The maximum absolute atomic E-state index is 13.6. The number of benzene rings is 2. The minimum Gasteiger partial charge on any atom is -0.440 e. The zero-order chi connectivity index (χ0) is 25.1. The maximum Gasteiger partial charge on any atom is 0.407 e. The molecule has 0 radical (unpaired) electrons. The van der Waals surface area contributed by atoms with E-state index in [2.05, 4.69) is 10.6 Å². The van der Waals surface area contributed by atoms with Crippen molar-refractivity contribution in [1.82, 2.24) is 5.32 Å². The molecule has 0 aromatic heterocycles. The maximum atomic E-state index is 13.6. The van der Waals surface area contributed by atoms with Crippen molar-refractivity contribution in [2.24, 2.45) is 11.8 Å². The van der Waals surface area contributed by atoms with Gasteiger partial charge in [-0.1, -0.05) is 11.6 Å². The summed E-state index contributed by atoms with van der Waals surface area (Å²) < 4.78 is 72.9. The Morgan fingerprint density at radius 3 is 2.29 bits per heavy atom. The molecule has 1 spiro atoms. The summed E-state index contributed by atoms with van der Waals surface area (Å²) in [6, 6.07) is 4.88. The van der Waals surface area contributed by atoms with Crippen molar-refractivity contribution in [2.75, 3.05) is 11.9 Å². The number of halogens is 4. The lowest BCUT2D eigenvalue weighted by Gasteiger charge is -2.41. The summed E-state index contributed by atoms with van der Waals surface area (Å²) in [5.41, 5.74) is -1.13. The number of anilines is 1. The van der Waals surface area contributed by atoms with Gasteiger partial charge in [0.1, 0.15) is 5.60 Å². The number of rotatable bonds is 4. The summed E-state index contributed by atoms with van der Waals surface area (Å²) in [6.07, 6.45) is 1.56. The van der Waals surface area contributed by atoms with Crippen LogP contribution >= 0.6 is 11.6 Å². The van der Waals surface area contributed by atoms with Crippen LogP contribution in [-0.4, -0.2) is 37.8 Å². The number of sulfone groups is 1. The zero-order valence-corrected chi connectivity index (χ0v) is 19.7. The fourth-order valence-corrected chi connectivity index (χ4v) is 8.03. The molecule has 186 valence electrons. The molecule has 2 aromatic carbocycles. The molecule has 1 heterocycles. The van der Waals surface area contributed by atoms with Crippen molar-refractivity contribution < 1.29 is 35.9 Å². The second kappa shape index (κ2) is 8.41. The number of carbonyl (C=O) groups excluding carboxylic acids is 2. The van der Waals surface area contributed by atoms with Gasteiger partial charge in [-0.15, -0.1) is 0 Å². The molecule has 3 aliphatic rings. The highest BCUT2D eigenvalue weighted by atomic mass is 35.5. The van der Waals surface area contributed by atoms with Gasteiger partial charge in [0.15, 0.2) is 27.3 Å². The first-order valence-corrected chi connectivity index (χ1v) is 12.9. The second-order valence-corrected chi connectivity index (χ2v) is 11.8. The van der Waals surface area contributed by atoms with E-state index in [-0.39, 0.29) is 45.8 Å². The molecular formula is C23H20ClF3N2O5S. The largest absolute Gasteiger partial charge is 0.440 e. The lowest BCUT2D eigenvalue weighted by atomic mass is 9.74. The molecule has 1 saturated heterocycles. The van der Waals surface area contributed by atoms with Crippen molar-refractivity contribution in [2.45, 2.75) is 41.4 Å². The highest BCUT2D eigenvalue weighted by Gasteiger charge is 2.61. The number of hydrogen-bond acceptors (Lipinski definition) is 5. The van der Waals surface area contributed by atoms with Crippen molar-refractivity contribution in [3.63, 3.8) is 0 Å². The van der Waals surface area contributed by atoms with Crippen LogP contribution in [0.2, 0.25) is 5.02 Å². The Hall–Kier alpha value is -2.79. The molecule has 1 aliphatic heterocycles. The van der Waals surface area contributed by atoms with E-state index >= 15 is 0 Å². The van der Waals surface area contributed by atoms with E-state index < -0.39 is 50.1 Å². The summed E-state index contributed by atoms with van der Waals surface area (Å²) in [4.78, 5) is 24.1. The Morgan fingerprint density at radius 1 is 1.09 bits per heavy atom. The predicted octanol–water partition coefficient (Wildman–Crippen LogP) is 4.45. The molecule has 3 fully saturated rings. The third-order valence-electron chi connectivity index (χ3n) is 7.31. The SMILES string of the molecule is O=C1NC[C@]2(O1)C1CCC2C[C@H](S(=O)(=O)c2cc(C(=O)Nc3cc(F)c(F)c(F)c3)ccc2Cl)C1. The number of amides is 2. The average molecular weight is 529 g/mol. The lowest BCUT2D eigenvalue weighted by molar-refractivity contribution is -0.0314. The molecule has 2 N–H and O–H groups in total. The Bertz CT molecular complexity index is 1320. The first-order chi connectivity index (χ1) is 16.5. The number of ether oxygens (including phenoxy) is 1. The van der Waals surface area contributed by atoms with E-state index in [1.54, 1.807) is 0 Å². The summed E-state index contributed by atoms with van der Waals surface area (Å²) in [5, 5.41) is 4.06. The molecule has 12 heteroatoms. The van der Waals surface area contributed by atoms with E-state index in [1.807, 2.05) is 0 Å². The van der Waals surface area contributed by atoms with E-state index in [1.165, 1.54) is 12.1 Å². The molecule has 35 heavy (non-hydrogen) atoms. The minimum atomic E-state index is -3.97. The number of carbonyl (C=O) groups is 2. The van der Waals surface area contributed by atoms with E-state index in [0.29, 0.717) is 18.7 Å². The molecule has 2 unspecified atom stereocenters. The molecule has 5 rings (SSSR count). The van der Waals surface area contributed by atoms with Gasteiger partial charge in [0.2, 0.25) is 0 Å². The molecule has 7 nitrogen and oxygen atoms in total. The summed E-state index contributed by atoms with van der Waals surface area (Å²) in [5.74, 6) is -5.72. The third-order valence-corrected chi connectivity index (χ3v) is 9.97. The van der Waals surface area contributed by atoms with Gasteiger partial charge in [0, 0.05) is 35.2 Å². The van der Waals surface area contributed by atoms with Crippen molar-refractivity contribution in [1.29, 1.82) is 0 Å². The first-order valence-electron chi connectivity index (χ1n) is 11.0. The van der Waals surface area contributed by atoms with Crippen LogP contribution in [0.4, 0.5) is 23.7 Å². The van der Waals surface area contributed by atoms with Crippen molar-refractivity contribution in [3.05, 3.63) is 58.4 Å². The monoisotopic (exact) mass is 528 g/mol. The van der Waals surface area contributed by atoms with Crippen LogP contribution in [0.3, 0.4) is 0 Å². The number of hydrogen-bond donors (Lipinski definition) is 2. The standard InChI is InChI=1S/C23H20ClF3N2O5S/c24-16-4-1-11(21(30)29-14-8-17(25)20(27)18(26)9-14)5-19(16)35(32,33)15-6-12-2-3-13(7-15)23(12)10-28-22(31)34-23/h1,4-5,8-9,12-13,15H,2-3,6-7,10H2,(H,28,31)(H,29,30)/t12?,13?,15-,23+. The molecule has 2 aliphatic carbocycles. The Kier molecular flexibility index (Phi) is 5.75. The van der Waals surface area contributed by atoms with Crippen LogP contribution in [0.1, 0.15) is 36.0 Å². The van der Waals surface area contributed by atoms with Crippen molar-refractivity contribution in [3.8, 4) is 0 Å². The van der Waals surface area contributed by atoms with Crippen LogP contribution in [-0.2, 0) is 14.6 Å². The van der Waals surface area contributed by atoms with Crippen molar-refractivity contribution >= 4 is 39.1 Å². The number of alkyl carbamates (subject to hydrolysis) is 1. The normalized spacial score (nSPS) is 27.5. The van der Waals surface area contributed by atoms with E-state index in [0.717, 1.165) is 18.9 Å². The molecule has 2 atom stereocenters. The molecular weight excluding hydrogens is 509 g/mol. The second-order valence-electron chi connectivity index (χ2n) is 9.16. The number of nitrogens with one attached hydrogen (secondary N) is 2. The summed E-state index contributed by atoms with van der Waals surface area (Å²) >= 11 is 6.22. The van der Waals surface area contributed by atoms with Gasteiger partial charge < -0.3 is 15.4 Å².